The van der Waals surface area contributed by atoms with Crippen LogP contribution in [0.4, 0.5) is 5.82 Å². The molecule has 0 radical (unpaired) electrons. The summed E-state index contributed by atoms with van der Waals surface area (Å²) in [6.07, 6.45) is 5.64. The third-order valence-corrected chi connectivity index (χ3v) is 5.79. The van der Waals surface area contributed by atoms with Crippen LogP contribution in [0.15, 0.2) is 42.9 Å². The van der Waals surface area contributed by atoms with Crippen LogP contribution in [0.3, 0.4) is 0 Å². The average Bonchev–Trinajstić information content (AvgIpc) is 3.04. The van der Waals surface area contributed by atoms with E-state index in [1.165, 1.54) is 0 Å². The number of ether oxygens (including phenoxy) is 1. The van der Waals surface area contributed by atoms with Gasteiger partial charge in [0.05, 0.1) is 30.9 Å². The quantitative estimate of drug-likeness (QED) is 0.755. The topological polar surface area (TPSA) is 72.3 Å². The summed E-state index contributed by atoms with van der Waals surface area (Å²) in [5.74, 6) is 0.617. The second-order valence-electron chi connectivity index (χ2n) is 8.15. The molecule has 2 aromatic heterocycles. The zero-order chi connectivity index (χ0) is 19.3. The molecule has 1 amide bonds. The van der Waals surface area contributed by atoms with Crippen molar-refractivity contribution in [3.05, 3.63) is 42.9 Å². The molecule has 0 aliphatic carbocycles. The van der Waals surface area contributed by atoms with Crippen molar-refractivity contribution in [3.8, 4) is 11.1 Å². The minimum Gasteiger partial charge on any atom is -0.378 e. The zero-order valence-electron chi connectivity index (χ0n) is 16.1. The number of carbonyl (C=O) groups is 1. The molecule has 28 heavy (non-hydrogen) atoms. The van der Waals surface area contributed by atoms with Crippen molar-refractivity contribution in [2.45, 2.75) is 13.0 Å². The van der Waals surface area contributed by atoms with E-state index >= 15 is 0 Å². The lowest BCUT2D eigenvalue weighted by molar-refractivity contribution is -0.151. The van der Waals surface area contributed by atoms with Gasteiger partial charge < -0.3 is 10.1 Å². The first-order valence-electron chi connectivity index (χ1n) is 9.52. The number of hydrogen-bond acceptors (Lipinski definition) is 5. The monoisotopic (exact) mass is 377 g/mol. The van der Waals surface area contributed by atoms with Gasteiger partial charge in [0.25, 0.3) is 0 Å². The Labute approximate surface area is 163 Å². The number of anilines is 1. The molecular formula is C21H23N5O2. The van der Waals surface area contributed by atoms with E-state index < -0.39 is 0 Å². The van der Waals surface area contributed by atoms with Crippen molar-refractivity contribution in [1.29, 1.82) is 0 Å². The van der Waals surface area contributed by atoms with Crippen LogP contribution in [0.5, 0.6) is 0 Å². The van der Waals surface area contributed by atoms with Crippen LogP contribution in [-0.4, -0.2) is 57.9 Å². The normalized spacial score (nSPS) is 19.2. The van der Waals surface area contributed by atoms with Gasteiger partial charge in [-0.2, -0.15) is 5.10 Å². The molecule has 7 nitrogen and oxygen atoms in total. The molecule has 7 heteroatoms. The summed E-state index contributed by atoms with van der Waals surface area (Å²) in [6, 6.07) is 8.63. The van der Waals surface area contributed by atoms with Crippen LogP contribution in [0.2, 0.25) is 0 Å². The van der Waals surface area contributed by atoms with E-state index in [1.807, 2.05) is 38.5 Å². The Balaban J connectivity index is 1.33. The maximum Gasteiger partial charge on any atom is 0.234 e. The Hall–Kier alpha value is -2.77. The summed E-state index contributed by atoms with van der Waals surface area (Å²) in [7, 11) is 1.91. The van der Waals surface area contributed by atoms with Gasteiger partial charge in [0.1, 0.15) is 5.82 Å². The molecule has 1 N–H and O–H groups in total. The highest BCUT2D eigenvalue weighted by molar-refractivity contribution is 5.97. The lowest BCUT2D eigenvalue weighted by Crippen LogP contribution is -2.66. The first kappa shape index (κ1) is 17.3. The Bertz CT molecular complexity index is 1050. The van der Waals surface area contributed by atoms with Gasteiger partial charge in [-0.05, 0) is 30.0 Å². The minimum absolute atomic E-state index is 0.0271. The predicted octanol–water partition coefficient (Wildman–Crippen LogP) is 2.29. The van der Waals surface area contributed by atoms with Gasteiger partial charge in [0, 0.05) is 43.5 Å². The fraction of sp³-hybridized carbons (Fsp3) is 0.381. The van der Waals surface area contributed by atoms with Crippen LogP contribution in [0.25, 0.3) is 21.9 Å². The molecule has 2 fully saturated rings. The molecule has 1 aromatic carbocycles. The highest BCUT2D eigenvalue weighted by atomic mass is 16.5. The molecule has 0 spiro atoms. The van der Waals surface area contributed by atoms with E-state index in [4.69, 9.17) is 4.74 Å². The van der Waals surface area contributed by atoms with Gasteiger partial charge in [-0.15, -0.1) is 0 Å². The minimum atomic E-state index is -0.371. The van der Waals surface area contributed by atoms with Gasteiger partial charge >= 0.3 is 0 Å². The third kappa shape index (κ3) is 2.96. The van der Waals surface area contributed by atoms with E-state index in [-0.39, 0.29) is 11.3 Å². The molecule has 0 saturated carbocycles. The number of likely N-dealkylation sites (tertiary alicyclic amines) is 1. The summed E-state index contributed by atoms with van der Waals surface area (Å²) in [5.41, 5.74) is 1.78. The maximum absolute atomic E-state index is 12.8. The average molecular weight is 377 g/mol. The SMILES string of the molecule is Cn1cc(-c2ccc3cnc(NC(=O)C4(C)CN(C5COC5)C4)cc3c2)cn1. The summed E-state index contributed by atoms with van der Waals surface area (Å²) in [4.78, 5) is 19.5. The number of nitrogens with zero attached hydrogens (tertiary/aromatic N) is 4. The van der Waals surface area contributed by atoms with Crippen LogP contribution in [0.1, 0.15) is 6.92 Å². The second-order valence-corrected chi connectivity index (χ2v) is 8.15. The molecule has 0 atom stereocenters. The Morgan fingerprint density at radius 2 is 2.00 bits per heavy atom. The molecule has 2 saturated heterocycles. The smallest absolute Gasteiger partial charge is 0.234 e. The predicted molar refractivity (Wildman–Crippen MR) is 107 cm³/mol. The van der Waals surface area contributed by atoms with Crippen molar-refractivity contribution >= 4 is 22.5 Å². The Morgan fingerprint density at radius 1 is 1.18 bits per heavy atom. The van der Waals surface area contributed by atoms with Crippen molar-refractivity contribution in [2.75, 3.05) is 31.6 Å². The zero-order valence-corrected chi connectivity index (χ0v) is 16.1. The Morgan fingerprint density at radius 3 is 2.68 bits per heavy atom. The number of pyridine rings is 1. The second kappa shape index (κ2) is 6.39. The van der Waals surface area contributed by atoms with Gasteiger partial charge in [-0.25, -0.2) is 4.98 Å². The first-order valence-corrected chi connectivity index (χ1v) is 9.52. The molecule has 4 heterocycles. The lowest BCUT2D eigenvalue weighted by Gasteiger charge is -2.52. The first-order chi connectivity index (χ1) is 13.5. The Kier molecular flexibility index (Phi) is 3.96. The van der Waals surface area contributed by atoms with Crippen molar-refractivity contribution in [3.63, 3.8) is 0 Å². The summed E-state index contributed by atoms with van der Waals surface area (Å²) in [5, 5.41) is 9.33. The number of benzene rings is 1. The van der Waals surface area contributed by atoms with Crippen LogP contribution in [-0.2, 0) is 16.6 Å². The molecule has 3 aromatic rings. The van der Waals surface area contributed by atoms with Crippen molar-refractivity contribution in [1.82, 2.24) is 19.7 Å². The van der Waals surface area contributed by atoms with E-state index in [9.17, 15) is 4.79 Å². The number of nitrogens with one attached hydrogen (secondary N) is 1. The van der Waals surface area contributed by atoms with Crippen molar-refractivity contribution < 1.29 is 9.53 Å². The largest absolute Gasteiger partial charge is 0.378 e. The van der Waals surface area contributed by atoms with Gasteiger partial charge in [-0.1, -0.05) is 12.1 Å². The third-order valence-electron chi connectivity index (χ3n) is 5.79. The number of hydrogen-bond donors (Lipinski definition) is 1. The van der Waals surface area contributed by atoms with E-state index in [1.54, 1.807) is 10.9 Å². The highest BCUT2D eigenvalue weighted by Gasteiger charge is 2.48. The molecule has 0 bridgehead atoms. The lowest BCUT2D eigenvalue weighted by atomic mass is 9.79. The standard InChI is InChI=1S/C21H23N5O2/c1-21(12-26(13-21)18-10-28-11-18)20(27)24-19-6-16-5-14(3-4-15(16)7-22-19)17-8-23-25(2)9-17/h3-9,18H,10-13H2,1-2H3,(H,22,24,27). The number of amides is 1. The fourth-order valence-corrected chi connectivity index (χ4v) is 3.91. The summed E-state index contributed by atoms with van der Waals surface area (Å²) >= 11 is 0. The van der Waals surface area contributed by atoms with Gasteiger partial charge in [0.2, 0.25) is 5.91 Å². The fourth-order valence-electron chi connectivity index (χ4n) is 3.91. The molecule has 2 aliphatic rings. The van der Waals surface area contributed by atoms with Gasteiger partial charge in [0.15, 0.2) is 0 Å². The number of aromatic nitrogens is 3. The molecule has 0 unspecified atom stereocenters. The van der Waals surface area contributed by atoms with Crippen LogP contribution >= 0.6 is 0 Å². The number of aryl methyl sites for hydroxylation is 1. The molecule has 2 aliphatic heterocycles. The summed E-state index contributed by atoms with van der Waals surface area (Å²) < 4.78 is 7.03. The number of rotatable bonds is 4. The molecule has 144 valence electrons. The number of carbonyl (C=O) groups excluding carboxylic acids is 1. The molecule has 5 rings (SSSR count). The van der Waals surface area contributed by atoms with Gasteiger partial charge in [-0.3, -0.25) is 14.4 Å². The van der Waals surface area contributed by atoms with E-state index in [0.29, 0.717) is 11.9 Å². The number of fused-ring (bicyclic) bond motifs is 1. The van der Waals surface area contributed by atoms with E-state index in [0.717, 1.165) is 48.2 Å². The van der Waals surface area contributed by atoms with E-state index in [2.05, 4.69) is 32.4 Å². The van der Waals surface area contributed by atoms with Crippen LogP contribution < -0.4 is 5.32 Å². The maximum atomic E-state index is 12.8. The highest BCUT2D eigenvalue weighted by Crippen LogP contribution is 2.34. The summed E-state index contributed by atoms with van der Waals surface area (Å²) in [6.45, 7) is 5.11. The molecular weight excluding hydrogens is 354 g/mol. The van der Waals surface area contributed by atoms with Crippen molar-refractivity contribution in [2.24, 2.45) is 12.5 Å². The van der Waals surface area contributed by atoms with Crippen LogP contribution in [0, 0.1) is 5.41 Å².